The quantitative estimate of drug-likeness (QED) is 0.317. The first-order chi connectivity index (χ1) is 18.6. The molecule has 2 aromatic rings. The Morgan fingerprint density at radius 3 is 2.28 bits per heavy atom. The lowest BCUT2D eigenvalue weighted by molar-refractivity contribution is -0.136. The number of rotatable bonds is 9. The molecule has 0 bridgehead atoms. The van der Waals surface area contributed by atoms with Crippen molar-refractivity contribution in [1.82, 2.24) is 25.0 Å². The van der Waals surface area contributed by atoms with Gasteiger partial charge in [0.15, 0.2) is 5.82 Å². The van der Waals surface area contributed by atoms with Crippen LogP contribution in [0.4, 0.5) is 4.39 Å². The highest BCUT2D eigenvalue weighted by molar-refractivity contribution is 6.29. The molecule has 1 aromatic carbocycles. The zero-order chi connectivity index (χ0) is 30.0. The normalized spacial score (nSPS) is 13.1. The van der Waals surface area contributed by atoms with Crippen LogP contribution in [0.25, 0.3) is 11.3 Å². The first kappa shape index (κ1) is 36.1. The molecule has 0 spiro atoms. The number of H-pyrrole nitrogens is 1. The molecule has 220 valence electrons. The number of halogens is 2. The number of aromatic amines is 1. The van der Waals surface area contributed by atoms with Crippen molar-refractivity contribution in [2.75, 3.05) is 20.1 Å². The minimum atomic E-state index is -0.376. The van der Waals surface area contributed by atoms with Crippen LogP contribution in [0.15, 0.2) is 46.4 Å². The third-order valence-corrected chi connectivity index (χ3v) is 5.92. The Morgan fingerprint density at radius 1 is 1.21 bits per heavy atom. The first-order valence-corrected chi connectivity index (χ1v) is 14.4. The fraction of sp³-hybridized carbons (Fsp3) is 0.567. The molecule has 0 aliphatic heterocycles. The van der Waals surface area contributed by atoms with Gasteiger partial charge in [0.05, 0.1) is 5.69 Å². The maximum absolute atomic E-state index is 13.0. The molecule has 1 aromatic heterocycles. The molecule has 7 nitrogen and oxygen atoms in total. The average molecular weight is 566 g/mol. The summed E-state index contributed by atoms with van der Waals surface area (Å²) in [6.07, 6.45) is 8.16. The van der Waals surface area contributed by atoms with E-state index in [1.807, 2.05) is 52.6 Å². The van der Waals surface area contributed by atoms with E-state index in [4.69, 9.17) is 11.6 Å². The summed E-state index contributed by atoms with van der Waals surface area (Å²) < 4.78 is 14.4. The molecular weight excluding hydrogens is 517 g/mol. The summed E-state index contributed by atoms with van der Waals surface area (Å²) in [7, 11) is 1.93. The van der Waals surface area contributed by atoms with Crippen LogP contribution in [0.5, 0.6) is 0 Å². The molecule has 3 rings (SSSR count). The second kappa shape index (κ2) is 20.1. The van der Waals surface area contributed by atoms with E-state index in [1.54, 1.807) is 13.1 Å². The second-order valence-electron chi connectivity index (χ2n) is 9.26. The van der Waals surface area contributed by atoms with Gasteiger partial charge in [0.1, 0.15) is 5.82 Å². The highest BCUT2D eigenvalue weighted by atomic mass is 35.5. The van der Waals surface area contributed by atoms with Gasteiger partial charge in [-0.25, -0.2) is 18.9 Å². The van der Waals surface area contributed by atoms with E-state index < -0.39 is 0 Å². The summed E-state index contributed by atoms with van der Waals surface area (Å²) in [5.41, 5.74) is 0.974. The molecule has 9 heteroatoms. The Hall–Kier alpha value is -2.87. The first-order valence-electron chi connectivity index (χ1n) is 14.0. The Morgan fingerprint density at radius 2 is 1.79 bits per heavy atom. The molecule has 0 radical (unpaired) electrons. The summed E-state index contributed by atoms with van der Waals surface area (Å²) in [6, 6.07) is 5.65. The predicted molar refractivity (Wildman–Crippen MR) is 163 cm³/mol. The molecule has 1 amide bonds. The number of hydrogen-bond donors (Lipinski definition) is 2. The summed E-state index contributed by atoms with van der Waals surface area (Å²) in [4.78, 5) is 25.5. The molecule has 1 heterocycles. The van der Waals surface area contributed by atoms with Crippen molar-refractivity contribution in [2.24, 2.45) is 11.8 Å². The van der Waals surface area contributed by atoms with E-state index in [0.717, 1.165) is 31.4 Å². The maximum atomic E-state index is 13.0. The molecule has 0 saturated heterocycles. The van der Waals surface area contributed by atoms with Crippen molar-refractivity contribution in [3.05, 3.63) is 63.7 Å². The van der Waals surface area contributed by atoms with Crippen LogP contribution in [0.2, 0.25) is 0 Å². The second-order valence-corrected chi connectivity index (χ2v) is 9.86. The number of benzene rings is 1. The van der Waals surface area contributed by atoms with Crippen molar-refractivity contribution in [2.45, 2.75) is 81.1 Å². The molecule has 1 saturated carbocycles. The lowest BCUT2D eigenvalue weighted by atomic mass is 9.84. The third-order valence-electron chi connectivity index (χ3n) is 5.81. The van der Waals surface area contributed by atoms with Gasteiger partial charge < -0.3 is 10.2 Å². The minimum Gasteiger partial charge on any atom is -0.386 e. The van der Waals surface area contributed by atoms with Gasteiger partial charge in [-0.1, -0.05) is 65.6 Å². The molecule has 1 fully saturated rings. The van der Waals surface area contributed by atoms with E-state index in [9.17, 15) is 14.0 Å². The van der Waals surface area contributed by atoms with Crippen molar-refractivity contribution < 1.29 is 9.18 Å². The maximum Gasteiger partial charge on any atom is 0.348 e. The van der Waals surface area contributed by atoms with Gasteiger partial charge in [-0.15, -0.1) is 0 Å². The molecule has 0 atom stereocenters. The third kappa shape index (κ3) is 13.2. The number of amides is 1. The summed E-state index contributed by atoms with van der Waals surface area (Å²) in [5.74, 6) is 1.53. The Balaban J connectivity index is 0.000000725. The summed E-state index contributed by atoms with van der Waals surface area (Å²) in [6.45, 7) is 17.5. The number of nitrogens with zero attached hydrogens (tertiary/aromatic N) is 3. The van der Waals surface area contributed by atoms with Crippen molar-refractivity contribution in [3.63, 3.8) is 0 Å². The lowest BCUT2D eigenvalue weighted by Gasteiger charge is -2.29. The fourth-order valence-corrected chi connectivity index (χ4v) is 3.50. The van der Waals surface area contributed by atoms with E-state index >= 15 is 0 Å². The zero-order valence-corrected chi connectivity index (χ0v) is 26.0. The van der Waals surface area contributed by atoms with Crippen LogP contribution < -0.4 is 11.0 Å². The van der Waals surface area contributed by atoms with Gasteiger partial charge in [-0.3, -0.25) is 4.79 Å². The van der Waals surface area contributed by atoms with Gasteiger partial charge in [0.25, 0.3) is 0 Å². The zero-order valence-electron chi connectivity index (χ0n) is 25.3. The van der Waals surface area contributed by atoms with Gasteiger partial charge >= 0.3 is 5.69 Å². The molecule has 1 aliphatic rings. The molecular formula is C30H49ClFN5O2. The van der Waals surface area contributed by atoms with E-state index in [2.05, 4.69) is 29.4 Å². The average Bonchev–Trinajstić information content (AvgIpc) is 3.28. The Bertz CT molecular complexity index is 1070. The predicted octanol–water partition coefficient (Wildman–Crippen LogP) is 7.14. The lowest BCUT2D eigenvalue weighted by Crippen LogP contribution is -2.37. The van der Waals surface area contributed by atoms with Gasteiger partial charge in [0, 0.05) is 37.3 Å². The number of hydrogen-bond acceptors (Lipinski definition) is 4. The Kier molecular flexibility index (Phi) is 18.6. The number of nitrogens with one attached hydrogen (secondary N) is 2. The van der Waals surface area contributed by atoms with Gasteiger partial charge in [-0.2, -0.15) is 5.10 Å². The largest absolute Gasteiger partial charge is 0.386 e. The van der Waals surface area contributed by atoms with Crippen molar-refractivity contribution >= 4 is 23.1 Å². The highest BCUT2D eigenvalue weighted by Crippen LogP contribution is 2.28. The number of allylic oxidation sites excluding steroid dienone is 2. The summed E-state index contributed by atoms with van der Waals surface area (Å²) >= 11 is 5.72. The fourth-order valence-electron chi connectivity index (χ4n) is 3.42. The summed E-state index contributed by atoms with van der Waals surface area (Å²) in [5, 5.41) is 10.1. The molecule has 39 heavy (non-hydrogen) atoms. The Labute approximate surface area is 239 Å². The number of carbonyl (C=O) groups is 1. The monoisotopic (exact) mass is 565 g/mol. The van der Waals surface area contributed by atoms with E-state index in [1.165, 1.54) is 35.3 Å². The van der Waals surface area contributed by atoms with Crippen molar-refractivity contribution in [3.8, 4) is 5.69 Å². The topological polar surface area (TPSA) is 83.0 Å². The molecule has 2 N–H and O–H groups in total. The number of aromatic nitrogens is 3. The van der Waals surface area contributed by atoms with Crippen LogP contribution in [-0.4, -0.2) is 45.7 Å². The standard InChI is InChI=1S/C15H16ClFN4O.C11H21NO.2C2H6/c1-10(7-8-18-9-11(2)16)14-19-20-15(22)21(14)13-5-3-12(17)4-6-13;1-9(2)7-8-12(3)11(13)10-5-4-6-10;2*1-2/h3-7,9,18H,8H2,1-2H3,(H,20,22);9-10H,4-8H2,1-3H3;2*1-2H3/b10-7+,11-9+;;;. The smallest absolute Gasteiger partial charge is 0.348 e. The van der Waals surface area contributed by atoms with E-state index in [-0.39, 0.29) is 11.5 Å². The SMILES string of the molecule is C/C(Cl)=C\NC/C=C(\C)c1n[nH]c(=O)n1-c1ccc(F)cc1.CC.CC.CC(C)CCN(C)C(=O)C1CCC1. The van der Waals surface area contributed by atoms with Gasteiger partial charge in [0.2, 0.25) is 5.91 Å². The minimum absolute atomic E-state index is 0.358. The molecule has 0 unspecified atom stereocenters. The van der Waals surface area contributed by atoms with E-state index in [0.29, 0.717) is 40.8 Å². The van der Waals surface area contributed by atoms with Crippen LogP contribution in [0.3, 0.4) is 0 Å². The van der Waals surface area contributed by atoms with Crippen LogP contribution in [0, 0.1) is 17.7 Å². The van der Waals surface area contributed by atoms with Crippen LogP contribution in [0.1, 0.15) is 86.9 Å². The molecule has 1 aliphatic carbocycles. The van der Waals surface area contributed by atoms with Crippen molar-refractivity contribution in [1.29, 1.82) is 0 Å². The van der Waals surface area contributed by atoms with Crippen LogP contribution >= 0.6 is 11.6 Å². The number of carbonyl (C=O) groups excluding carboxylic acids is 1. The highest BCUT2D eigenvalue weighted by Gasteiger charge is 2.27. The van der Waals surface area contributed by atoms with Crippen LogP contribution in [-0.2, 0) is 4.79 Å². The van der Waals surface area contributed by atoms with Gasteiger partial charge in [-0.05, 0) is 68.9 Å².